The number of para-hydroxylation sites is 1. The second-order valence-electron chi connectivity index (χ2n) is 4.77. The standard InChI is InChI=1S/C16H12F3N3S/c1-23-11-6-4-5-10(9-11)20-14-12-7-2-3-8-13(12)21-15(22-14)16(17,18)19/h2-9H,1H3,(H,20,21,22). The Morgan fingerprint density at radius 2 is 1.78 bits per heavy atom. The zero-order valence-corrected chi connectivity index (χ0v) is 12.9. The smallest absolute Gasteiger partial charge is 0.340 e. The molecule has 7 heteroatoms. The maximum Gasteiger partial charge on any atom is 0.451 e. The topological polar surface area (TPSA) is 37.8 Å². The lowest BCUT2D eigenvalue weighted by atomic mass is 10.2. The molecule has 0 saturated carbocycles. The highest BCUT2D eigenvalue weighted by Gasteiger charge is 2.35. The van der Waals surface area contributed by atoms with E-state index in [2.05, 4.69) is 15.3 Å². The number of thioether (sulfide) groups is 1. The summed E-state index contributed by atoms with van der Waals surface area (Å²) in [5, 5.41) is 3.51. The molecule has 0 aliphatic rings. The molecule has 0 atom stereocenters. The van der Waals surface area contributed by atoms with Gasteiger partial charge in [0.2, 0.25) is 5.82 Å². The van der Waals surface area contributed by atoms with Gasteiger partial charge in [-0.15, -0.1) is 11.8 Å². The van der Waals surface area contributed by atoms with Gasteiger partial charge in [-0.1, -0.05) is 18.2 Å². The Hall–Kier alpha value is -2.28. The Labute approximate surface area is 135 Å². The SMILES string of the molecule is CSc1cccc(Nc2nc(C(F)(F)F)nc3ccccc23)c1. The van der Waals surface area contributed by atoms with Crippen LogP contribution in [0, 0.1) is 0 Å². The summed E-state index contributed by atoms with van der Waals surface area (Å²) in [6, 6.07) is 14.0. The number of nitrogens with one attached hydrogen (secondary N) is 1. The van der Waals surface area contributed by atoms with Crippen LogP contribution in [0.15, 0.2) is 53.4 Å². The van der Waals surface area contributed by atoms with Crippen LogP contribution in [-0.2, 0) is 6.18 Å². The molecule has 0 unspecified atom stereocenters. The number of fused-ring (bicyclic) bond motifs is 1. The summed E-state index contributed by atoms with van der Waals surface area (Å²) in [4.78, 5) is 8.28. The molecular formula is C16H12F3N3S. The number of nitrogens with zero attached hydrogens (tertiary/aromatic N) is 2. The summed E-state index contributed by atoms with van der Waals surface area (Å²) in [6.45, 7) is 0. The average molecular weight is 335 g/mol. The van der Waals surface area contributed by atoms with Crippen molar-refractivity contribution in [2.24, 2.45) is 0 Å². The molecule has 2 aromatic carbocycles. The molecule has 0 fully saturated rings. The molecule has 3 aromatic rings. The van der Waals surface area contributed by atoms with Gasteiger partial charge in [-0.25, -0.2) is 9.97 Å². The molecule has 0 bridgehead atoms. The number of benzene rings is 2. The molecule has 0 radical (unpaired) electrons. The summed E-state index contributed by atoms with van der Waals surface area (Å²) in [7, 11) is 0. The van der Waals surface area contributed by atoms with E-state index in [0.29, 0.717) is 11.1 Å². The maximum absolute atomic E-state index is 13.0. The fourth-order valence-corrected chi connectivity index (χ4v) is 2.60. The fourth-order valence-electron chi connectivity index (χ4n) is 2.14. The third kappa shape index (κ3) is 3.39. The van der Waals surface area contributed by atoms with E-state index in [0.717, 1.165) is 4.90 Å². The summed E-state index contributed by atoms with van der Waals surface area (Å²) < 4.78 is 39.0. The van der Waals surface area contributed by atoms with Crippen molar-refractivity contribution in [1.29, 1.82) is 0 Å². The predicted octanol–water partition coefficient (Wildman–Crippen LogP) is 5.11. The van der Waals surface area contributed by atoms with Crippen LogP contribution in [-0.4, -0.2) is 16.2 Å². The highest BCUT2D eigenvalue weighted by Crippen LogP contribution is 2.31. The third-order valence-corrected chi connectivity index (χ3v) is 3.91. The minimum absolute atomic E-state index is 0.140. The molecule has 118 valence electrons. The first-order valence-electron chi connectivity index (χ1n) is 6.72. The highest BCUT2D eigenvalue weighted by molar-refractivity contribution is 7.98. The van der Waals surface area contributed by atoms with Gasteiger partial charge in [-0.05, 0) is 36.6 Å². The number of rotatable bonds is 3. The van der Waals surface area contributed by atoms with E-state index in [1.165, 1.54) is 6.07 Å². The lowest BCUT2D eigenvalue weighted by molar-refractivity contribution is -0.144. The number of hydrogen-bond acceptors (Lipinski definition) is 4. The van der Waals surface area contributed by atoms with Gasteiger partial charge < -0.3 is 5.32 Å². The van der Waals surface area contributed by atoms with Gasteiger partial charge in [-0.3, -0.25) is 0 Å². The molecule has 3 nitrogen and oxygen atoms in total. The zero-order chi connectivity index (χ0) is 16.4. The first-order valence-corrected chi connectivity index (χ1v) is 7.95. The van der Waals surface area contributed by atoms with Crippen LogP contribution in [0.1, 0.15) is 5.82 Å². The quantitative estimate of drug-likeness (QED) is 0.675. The van der Waals surface area contributed by atoms with Gasteiger partial charge in [0.05, 0.1) is 5.52 Å². The van der Waals surface area contributed by atoms with Crippen molar-refractivity contribution < 1.29 is 13.2 Å². The first-order chi connectivity index (χ1) is 11.0. The van der Waals surface area contributed by atoms with Crippen LogP contribution in [0.2, 0.25) is 0 Å². The molecule has 1 aromatic heterocycles. The molecule has 3 rings (SSSR count). The molecule has 1 N–H and O–H groups in total. The van der Waals surface area contributed by atoms with E-state index in [1.807, 2.05) is 24.5 Å². The molecule has 0 spiro atoms. The van der Waals surface area contributed by atoms with E-state index in [9.17, 15) is 13.2 Å². The van der Waals surface area contributed by atoms with E-state index >= 15 is 0 Å². The monoisotopic (exact) mass is 335 g/mol. The van der Waals surface area contributed by atoms with Crippen molar-refractivity contribution in [2.75, 3.05) is 11.6 Å². The molecule has 0 aliphatic heterocycles. The Bertz CT molecular complexity index is 849. The number of aromatic nitrogens is 2. The van der Waals surface area contributed by atoms with E-state index in [1.54, 1.807) is 36.0 Å². The van der Waals surface area contributed by atoms with E-state index in [-0.39, 0.29) is 11.3 Å². The Kier molecular flexibility index (Phi) is 4.12. The van der Waals surface area contributed by atoms with Crippen molar-refractivity contribution in [3.63, 3.8) is 0 Å². The molecule has 1 heterocycles. The van der Waals surface area contributed by atoms with Crippen molar-refractivity contribution in [3.05, 3.63) is 54.4 Å². The number of alkyl halides is 3. The Morgan fingerprint density at radius 1 is 1.00 bits per heavy atom. The summed E-state index contributed by atoms with van der Waals surface area (Å²) in [5.41, 5.74) is 0.923. The molecule has 0 saturated heterocycles. The van der Waals surface area contributed by atoms with Crippen molar-refractivity contribution in [1.82, 2.24) is 9.97 Å². The average Bonchev–Trinajstić information content (AvgIpc) is 2.54. The van der Waals surface area contributed by atoms with E-state index in [4.69, 9.17) is 0 Å². The third-order valence-electron chi connectivity index (χ3n) is 3.19. The second kappa shape index (κ2) is 6.08. The second-order valence-corrected chi connectivity index (χ2v) is 5.65. The number of anilines is 2. The summed E-state index contributed by atoms with van der Waals surface area (Å²) in [5.74, 6) is -1.01. The van der Waals surface area contributed by atoms with Gasteiger partial charge in [0, 0.05) is 16.0 Å². The zero-order valence-electron chi connectivity index (χ0n) is 12.1. The van der Waals surface area contributed by atoms with Crippen LogP contribution in [0.5, 0.6) is 0 Å². The summed E-state index contributed by atoms with van der Waals surface area (Å²) in [6.07, 6.45) is -2.66. The van der Waals surface area contributed by atoms with Gasteiger partial charge in [0.1, 0.15) is 5.82 Å². The minimum Gasteiger partial charge on any atom is -0.340 e. The summed E-state index contributed by atoms with van der Waals surface area (Å²) >= 11 is 1.55. The maximum atomic E-state index is 13.0. The van der Waals surface area contributed by atoms with Crippen LogP contribution in [0.25, 0.3) is 10.9 Å². The van der Waals surface area contributed by atoms with Gasteiger partial charge in [0.15, 0.2) is 0 Å². The normalized spacial score (nSPS) is 11.7. The lowest BCUT2D eigenvalue weighted by Gasteiger charge is -2.12. The predicted molar refractivity (Wildman–Crippen MR) is 86.0 cm³/mol. The lowest BCUT2D eigenvalue weighted by Crippen LogP contribution is -2.12. The van der Waals surface area contributed by atoms with Gasteiger partial charge >= 0.3 is 6.18 Å². The fraction of sp³-hybridized carbons (Fsp3) is 0.125. The van der Waals surface area contributed by atoms with Crippen LogP contribution in [0.4, 0.5) is 24.7 Å². The van der Waals surface area contributed by atoms with E-state index < -0.39 is 12.0 Å². The largest absolute Gasteiger partial charge is 0.451 e. The number of halogens is 3. The minimum atomic E-state index is -4.60. The van der Waals surface area contributed by atoms with Gasteiger partial charge in [-0.2, -0.15) is 13.2 Å². The molecular weight excluding hydrogens is 323 g/mol. The van der Waals surface area contributed by atoms with Crippen molar-refractivity contribution >= 4 is 34.2 Å². The first kappa shape index (κ1) is 15.6. The molecule has 0 aliphatic carbocycles. The van der Waals surface area contributed by atoms with Crippen LogP contribution in [0.3, 0.4) is 0 Å². The molecule has 0 amide bonds. The van der Waals surface area contributed by atoms with Crippen molar-refractivity contribution in [2.45, 2.75) is 11.1 Å². The van der Waals surface area contributed by atoms with Crippen LogP contribution >= 0.6 is 11.8 Å². The Morgan fingerprint density at radius 3 is 2.52 bits per heavy atom. The Balaban J connectivity index is 2.11. The van der Waals surface area contributed by atoms with Crippen LogP contribution < -0.4 is 5.32 Å². The van der Waals surface area contributed by atoms with Gasteiger partial charge in [0.25, 0.3) is 0 Å². The molecule has 23 heavy (non-hydrogen) atoms. The number of hydrogen-bond donors (Lipinski definition) is 1. The van der Waals surface area contributed by atoms with Crippen molar-refractivity contribution in [3.8, 4) is 0 Å². The highest BCUT2D eigenvalue weighted by atomic mass is 32.2.